The molecule has 1 aliphatic carbocycles. The molecule has 1 unspecified atom stereocenters. The molecule has 1 atom stereocenters. The molecular formula is C21H13Cl2F8NO. The van der Waals surface area contributed by atoms with Crippen LogP contribution in [0, 0.1) is 5.82 Å². The van der Waals surface area contributed by atoms with E-state index in [-0.39, 0.29) is 18.2 Å². The van der Waals surface area contributed by atoms with E-state index in [1.807, 2.05) is 0 Å². The summed E-state index contributed by atoms with van der Waals surface area (Å²) in [5.74, 6) is -6.54. The quantitative estimate of drug-likeness (QED) is 0.319. The third-order valence-corrected chi connectivity index (χ3v) is 5.34. The van der Waals surface area contributed by atoms with E-state index in [1.54, 1.807) is 0 Å². The van der Waals surface area contributed by atoms with Crippen LogP contribution < -0.4 is 5.32 Å². The number of rotatable bonds is 5. The van der Waals surface area contributed by atoms with Crippen LogP contribution in [0.15, 0.2) is 36.4 Å². The zero-order valence-corrected chi connectivity index (χ0v) is 17.7. The number of alkyl halides is 6. The Hall–Kier alpha value is -2.33. The zero-order valence-electron chi connectivity index (χ0n) is 16.2. The van der Waals surface area contributed by atoms with Crippen LogP contribution in [-0.4, -0.2) is 18.1 Å². The van der Waals surface area contributed by atoms with Crippen LogP contribution in [0.3, 0.4) is 0 Å². The highest BCUT2D eigenvalue weighted by Gasteiger charge is 2.41. The van der Waals surface area contributed by atoms with Crippen LogP contribution >= 0.6 is 23.2 Å². The van der Waals surface area contributed by atoms with Crippen molar-refractivity contribution in [2.24, 2.45) is 0 Å². The van der Waals surface area contributed by atoms with E-state index >= 15 is 0 Å². The number of amides is 1. The maximum Gasteiger partial charge on any atom is 0.417 e. The van der Waals surface area contributed by atoms with Crippen molar-refractivity contribution in [3.8, 4) is 0 Å². The standard InChI is InChI=1S/C21H13Cl2F8NO/c22-15-6-10(7-16(23)18(15)25)13(20(26,27)28)8-17(24)9-1-4-12(14(5-9)21(29,30)31)19(33)32-11-2-3-11/h1,4-8,11,13H,2-3H2,(H,32,33)/b17-8-. The summed E-state index contributed by atoms with van der Waals surface area (Å²) in [5.41, 5.74) is -3.84. The lowest BCUT2D eigenvalue weighted by atomic mass is 9.95. The third-order valence-electron chi connectivity index (χ3n) is 4.79. The molecule has 0 saturated heterocycles. The van der Waals surface area contributed by atoms with E-state index in [9.17, 15) is 39.9 Å². The van der Waals surface area contributed by atoms with Crippen molar-refractivity contribution in [2.45, 2.75) is 37.2 Å². The number of carbonyl (C=O) groups is 1. The van der Waals surface area contributed by atoms with Gasteiger partial charge in [0, 0.05) is 11.6 Å². The molecule has 2 aromatic rings. The number of benzene rings is 2. The maximum absolute atomic E-state index is 14.8. The molecule has 1 N–H and O–H groups in total. The summed E-state index contributed by atoms with van der Waals surface area (Å²) in [4.78, 5) is 12.1. The fourth-order valence-corrected chi connectivity index (χ4v) is 3.50. The topological polar surface area (TPSA) is 29.1 Å². The Bertz CT molecular complexity index is 1080. The highest BCUT2D eigenvalue weighted by molar-refractivity contribution is 6.35. The van der Waals surface area contributed by atoms with Gasteiger partial charge in [-0.3, -0.25) is 4.79 Å². The zero-order chi connectivity index (χ0) is 24.7. The highest BCUT2D eigenvalue weighted by atomic mass is 35.5. The average molecular weight is 518 g/mol. The van der Waals surface area contributed by atoms with E-state index in [0.29, 0.717) is 31.0 Å². The van der Waals surface area contributed by atoms with Gasteiger partial charge >= 0.3 is 12.4 Å². The first-order valence-electron chi connectivity index (χ1n) is 9.29. The summed E-state index contributed by atoms with van der Waals surface area (Å²) in [5, 5.41) is 0.879. The Morgan fingerprint density at radius 2 is 1.61 bits per heavy atom. The fraction of sp³-hybridized carbons (Fsp3) is 0.286. The first-order valence-corrected chi connectivity index (χ1v) is 10.0. The summed E-state index contributed by atoms with van der Waals surface area (Å²) < 4.78 is 110. The Balaban J connectivity index is 2.04. The van der Waals surface area contributed by atoms with E-state index in [4.69, 9.17) is 23.2 Å². The first kappa shape index (κ1) is 25.3. The van der Waals surface area contributed by atoms with Crippen molar-refractivity contribution >= 4 is 34.9 Å². The molecule has 0 aliphatic heterocycles. The molecular weight excluding hydrogens is 505 g/mol. The highest BCUT2D eigenvalue weighted by Crippen LogP contribution is 2.41. The normalized spacial score (nSPS) is 16.0. The molecule has 1 saturated carbocycles. The number of hydrogen-bond donors (Lipinski definition) is 1. The van der Waals surface area contributed by atoms with Gasteiger partial charge in [-0.15, -0.1) is 0 Å². The summed E-state index contributed by atoms with van der Waals surface area (Å²) >= 11 is 11.0. The van der Waals surface area contributed by atoms with E-state index in [1.165, 1.54) is 0 Å². The number of allylic oxidation sites excluding steroid dienone is 1. The lowest BCUT2D eigenvalue weighted by molar-refractivity contribution is -0.140. The molecule has 33 heavy (non-hydrogen) atoms. The number of hydrogen-bond acceptors (Lipinski definition) is 1. The van der Waals surface area contributed by atoms with Gasteiger partial charge in [-0.1, -0.05) is 29.3 Å². The number of nitrogens with one attached hydrogen (secondary N) is 1. The molecule has 2 aromatic carbocycles. The van der Waals surface area contributed by atoms with Crippen molar-refractivity contribution < 1.29 is 39.9 Å². The van der Waals surface area contributed by atoms with Crippen molar-refractivity contribution in [1.29, 1.82) is 0 Å². The van der Waals surface area contributed by atoms with Gasteiger partial charge in [0.05, 0.1) is 21.2 Å². The van der Waals surface area contributed by atoms with Gasteiger partial charge in [0.25, 0.3) is 5.91 Å². The molecule has 0 radical (unpaired) electrons. The van der Waals surface area contributed by atoms with E-state index < -0.39 is 68.1 Å². The van der Waals surface area contributed by atoms with Crippen LogP contribution in [-0.2, 0) is 6.18 Å². The molecule has 2 nitrogen and oxygen atoms in total. The molecule has 0 aromatic heterocycles. The molecule has 1 fully saturated rings. The Morgan fingerprint density at radius 1 is 1.03 bits per heavy atom. The summed E-state index contributed by atoms with van der Waals surface area (Å²) in [7, 11) is 0. The predicted octanol–water partition coefficient (Wildman–Crippen LogP) is 7.70. The molecule has 3 rings (SSSR count). The lowest BCUT2D eigenvalue weighted by Crippen LogP contribution is -2.28. The minimum absolute atomic E-state index is 0.0271. The van der Waals surface area contributed by atoms with Gasteiger partial charge in [-0.2, -0.15) is 26.3 Å². The number of carbonyl (C=O) groups excluding carboxylic acids is 1. The van der Waals surface area contributed by atoms with Crippen LogP contribution in [0.5, 0.6) is 0 Å². The van der Waals surface area contributed by atoms with Crippen molar-refractivity contribution in [2.75, 3.05) is 0 Å². The van der Waals surface area contributed by atoms with Crippen LogP contribution in [0.25, 0.3) is 5.83 Å². The van der Waals surface area contributed by atoms with Crippen LogP contribution in [0.4, 0.5) is 35.1 Å². The molecule has 12 heteroatoms. The molecule has 0 spiro atoms. The molecule has 1 aliphatic rings. The monoisotopic (exact) mass is 517 g/mol. The SMILES string of the molecule is O=C(NC1CC1)c1ccc(/C(F)=C/C(c2cc(Cl)c(F)c(Cl)c2)C(F)(F)F)cc1C(F)(F)F. The van der Waals surface area contributed by atoms with Crippen molar-refractivity contribution in [1.82, 2.24) is 5.32 Å². The smallest absolute Gasteiger partial charge is 0.349 e. The maximum atomic E-state index is 14.8. The lowest BCUT2D eigenvalue weighted by Gasteiger charge is -2.19. The second-order valence-electron chi connectivity index (χ2n) is 7.34. The molecule has 1 amide bonds. The second kappa shape index (κ2) is 9.13. The predicted molar refractivity (Wildman–Crippen MR) is 106 cm³/mol. The van der Waals surface area contributed by atoms with Crippen LogP contribution in [0.1, 0.15) is 45.8 Å². The van der Waals surface area contributed by atoms with E-state index in [0.717, 1.165) is 6.07 Å². The van der Waals surface area contributed by atoms with Gasteiger partial charge in [0.2, 0.25) is 0 Å². The molecule has 0 bridgehead atoms. The fourth-order valence-electron chi connectivity index (χ4n) is 2.99. The van der Waals surface area contributed by atoms with Crippen LogP contribution in [0.2, 0.25) is 10.0 Å². The Labute approximate surface area is 192 Å². The molecule has 178 valence electrons. The minimum atomic E-state index is -5.11. The summed E-state index contributed by atoms with van der Waals surface area (Å²) in [6.45, 7) is 0. The number of halogens is 10. The first-order chi connectivity index (χ1) is 15.2. The van der Waals surface area contributed by atoms with Gasteiger partial charge in [0.1, 0.15) is 11.7 Å². The van der Waals surface area contributed by atoms with Gasteiger partial charge < -0.3 is 5.32 Å². The molecule has 0 heterocycles. The third kappa shape index (κ3) is 5.97. The Morgan fingerprint density at radius 3 is 2.09 bits per heavy atom. The van der Waals surface area contributed by atoms with Crippen molar-refractivity contribution in [3.63, 3.8) is 0 Å². The van der Waals surface area contributed by atoms with Gasteiger partial charge in [-0.25, -0.2) is 8.78 Å². The van der Waals surface area contributed by atoms with Crippen molar-refractivity contribution in [3.05, 3.63) is 74.5 Å². The largest absolute Gasteiger partial charge is 0.417 e. The van der Waals surface area contributed by atoms with Gasteiger partial charge in [0.15, 0.2) is 5.82 Å². The second-order valence-corrected chi connectivity index (χ2v) is 8.15. The average Bonchev–Trinajstić information content (AvgIpc) is 3.51. The van der Waals surface area contributed by atoms with E-state index in [2.05, 4.69) is 5.32 Å². The minimum Gasteiger partial charge on any atom is -0.349 e. The summed E-state index contributed by atoms with van der Waals surface area (Å²) in [6.07, 6.45) is -8.94. The Kier molecular flexibility index (Phi) is 7.00. The summed E-state index contributed by atoms with van der Waals surface area (Å²) in [6, 6.07) is 2.65. The van der Waals surface area contributed by atoms with Gasteiger partial charge in [-0.05, 0) is 48.7 Å².